The number of hydrogen-bond acceptors (Lipinski definition) is 3. The van der Waals surface area contributed by atoms with Crippen molar-refractivity contribution in [3.8, 4) is 0 Å². The molecule has 0 aromatic rings. The van der Waals surface area contributed by atoms with Crippen LogP contribution in [0.1, 0.15) is 6.42 Å². The first-order chi connectivity index (χ1) is 5.74. The summed E-state index contributed by atoms with van der Waals surface area (Å²) in [5.41, 5.74) is 5.33. The maximum atomic E-state index is 11.0. The van der Waals surface area contributed by atoms with Gasteiger partial charge in [0.1, 0.15) is 0 Å². The van der Waals surface area contributed by atoms with Gasteiger partial charge in [-0.2, -0.15) is 0 Å². The molecule has 1 aliphatic heterocycles. The van der Waals surface area contributed by atoms with Gasteiger partial charge in [0.05, 0.1) is 6.54 Å². The third kappa shape index (κ3) is 2.01. The molecule has 0 atom stereocenters. The monoisotopic (exact) mass is 172 g/mol. The van der Waals surface area contributed by atoms with Crippen LogP contribution in [0.5, 0.6) is 0 Å². The first-order valence-electron chi connectivity index (χ1n) is 3.73. The molecule has 6 heteroatoms. The van der Waals surface area contributed by atoms with Crippen LogP contribution < -0.4 is 11.1 Å². The van der Waals surface area contributed by atoms with Crippen molar-refractivity contribution in [2.24, 2.45) is 10.9 Å². The van der Waals surface area contributed by atoms with E-state index in [1.807, 2.05) is 0 Å². The minimum Gasteiger partial charge on any atom is -0.408 e. The molecule has 0 unspecified atom stereocenters. The Morgan fingerprint density at radius 3 is 3.17 bits per heavy atom. The van der Waals surface area contributed by atoms with Crippen LogP contribution >= 0.6 is 0 Å². The van der Waals surface area contributed by atoms with Crippen LogP contribution in [0, 0.1) is 0 Å². The number of nitrogens with two attached hydrogens (primary N) is 1. The molecule has 6 nitrogen and oxygen atoms in total. The minimum absolute atomic E-state index is 0.00736. The quantitative estimate of drug-likeness (QED) is 0.180. The smallest absolute Gasteiger partial charge is 0.239 e. The number of amides is 1. The molecule has 68 valence electrons. The van der Waals surface area contributed by atoms with Gasteiger partial charge < -0.3 is 21.2 Å². The van der Waals surface area contributed by atoms with Crippen LogP contribution in [-0.4, -0.2) is 41.6 Å². The average Bonchev–Trinajstić information content (AvgIpc) is 2.28. The molecule has 0 radical (unpaired) electrons. The highest BCUT2D eigenvalue weighted by molar-refractivity contribution is 5.85. The Morgan fingerprint density at radius 1 is 1.75 bits per heavy atom. The van der Waals surface area contributed by atoms with Gasteiger partial charge in [-0.05, 0) is 6.42 Å². The fourth-order valence-corrected chi connectivity index (χ4v) is 1.06. The molecule has 0 spiro atoms. The molecule has 1 amide bonds. The SMILES string of the molecule is NC(=NO)N1CCCNC(=O)C1. The lowest BCUT2D eigenvalue weighted by Crippen LogP contribution is -2.41. The molecule has 0 aliphatic carbocycles. The van der Waals surface area contributed by atoms with Gasteiger partial charge in [-0.15, -0.1) is 0 Å². The van der Waals surface area contributed by atoms with Gasteiger partial charge in [0, 0.05) is 13.1 Å². The van der Waals surface area contributed by atoms with Gasteiger partial charge in [0.25, 0.3) is 0 Å². The van der Waals surface area contributed by atoms with E-state index in [1.165, 1.54) is 4.90 Å². The lowest BCUT2D eigenvalue weighted by molar-refractivity contribution is -0.120. The summed E-state index contributed by atoms with van der Waals surface area (Å²) in [6.45, 7) is 1.44. The highest BCUT2D eigenvalue weighted by Crippen LogP contribution is 1.94. The second-order valence-corrected chi connectivity index (χ2v) is 2.58. The predicted molar refractivity (Wildman–Crippen MR) is 42.6 cm³/mol. The second kappa shape index (κ2) is 3.80. The number of hydrogen-bond donors (Lipinski definition) is 3. The van der Waals surface area contributed by atoms with E-state index in [4.69, 9.17) is 10.9 Å². The van der Waals surface area contributed by atoms with Crippen molar-refractivity contribution in [1.29, 1.82) is 0 Å². The number of carbonyl (C=O) groups excluding carboxylic acids is 1. The van der Waals surface area contributed by atoms with Crippen molar-refractivity contribution in [2.45, 2.75) is 6.42 Å². The summed E-state index contributed by atoms with van der Waals surface area (Å²) in [7, 11) is 0. The van der Waals surface area contributed by atoms with Crippen molar-refractivity contribution in [1.82, 2.24) is 10.2 Å². The lowest BCUT2D eigenvalue weighted by Gasteiger charge is -2.17. The summed E-state index contributed by atoms with van der Waals surface area (Å²) in [5.74, 6) is -0.105. The third-order valence-corrected chi connectivity index (χ3v) is 1.69. The van der Waals surface area contributed by atoms with Gasteiger partial charge in [0.2, 0.25) is 11.9 Å². The van der Waals surface area contributed by atoms with E-state index in [0.717, 1.165) is 6.42 Å². The summed E-state index contributed by atoms with van der Waals surface area (Å²) in [6, 6.07) is 0. The normalized spacial score (nSPS) is 20.2. The fraction of sp³-hybridized carbons (Fsp3) is 0.667. The summed E-state index contributed by atoms with van der Waals surface area (Å²) in [5, 5.41) is 13.9. The van der Waals surface area contributed by atoms with Crippen LogP contribution in [0.3, 0.4) is 0 Å². The second-order valence-electron chi connectivity index (χ2n) is 2.58. The van der Waals surface area contributed by atoms with Crippen LogP contribution in [-0.2, 0) is 4.79 Å². The van der Waals surface area contributed by atoms with E-state index in [9.17, 15) is 4.79 Å². The zero-order valence-electron chi connectivity index (χ0n) is 6.66. The van der Waals surface area contributed by atoms with Crippen molar-refractivity contribution in [2.75, 3.05) is 19.6 Å². The molecular formula is C6H12N4O2. The predicted octanol–water partition coefficient (Wildman–Crippen LogP) is -1.49. The standard InChI is InChI=1S/C6H12N4O2/c7-6(9-12)10-3-1-2-8-5(11)4-10/h12H,1-4H2,(H2,7,9)(H,8,11). The van der Waals surface area contributed by atoms with Crippen LogP contribution in [0.4, 0.5) is 0 Å². The minimum atomic E-state index is -0.0981. The number of oxime groups is 1. The molecule has 1 heterocycles. The number of guanidine groups is 1. The first kappa shape index (κ1) is 8.63. The Hall–Kier alpha value is -1.46. The average molecular weight is 172 g/mol. The highest BCUT2D eigenvalue weighted by atomic mass is 16.4. The zero-order valence-corrected chi connectivity index (χ0v) is 6.66. The van der Waals surface area contributed by atoms with Gasteiger partial charge in [-0.25, -0.2) is 0 Å². The van der Waals surface area contributed by atoms with Crippen molar-refractivity contribution < 1.29 is 10.0 Å². The molecular weight excluding hydrogens is 160 g/mol. The van der Waals surface area contributed by atoms with E-state index < -0.39 is 0 Å². The maximum Gasteiger partial charge on any atom is 0.239 e. The van der Waals surface area contributed by atoms with E-state index in [0.29, 0.717) is 13.1 Å². The zero-order chi connectivity index (χ0) is 8.97. The Morgan fingerprint density at radius 2 is 2.50 bits per heavy atom. The summed E-state index contributed by atoms with van der Waals surface area (Å²) in [4.78, 5) is 12.5. The summed E-state index contributed by atoms with van der Waals surface area (Å²) >= 11 is 0. The topological polar surface area (TPSA) is 90.9 Å². The molecule has 0 saturated carbocycles. The molecule has 0 aromatic heterocycles. The Kier molecular flexibility index (Phi) is 2.73. The largest absolute Gasteiger partial charge is 0.408 e. The van der Waals surface area contributed by atoms with E-state index in [2.05, 4.69) is 10.5 Å². The summed E-state index contributed by atoms with van der Waals surface area (Å²) < 4.78 is 0. The van der Waals surface area contributed by atoms with E-state index >= 15 is 0 Å². The maximum absolute atomic E-state index is 11.0. The van der Waals surface area contributed by atoms with Gasteiger partial charge in [0.15, 0.2) is 0 Å². The molecule has 0 bridgehead atoms. The van der Waals surface area contributed by atoms with Crippen molar-refractivity contribution in [3.05, 3.63) is 0 Å². The van der Waals surface area contributed by atoms with Gasteiger partial charge in [-0.3, -0.25) is 4.79 Å². The van der Waals surface area contributed by atoms with Crippen LogP contribution in [0.15, 0.2) is 5.16 Å². The summed E-state index contributed by atoms with van der Waals surface area (Å²) in [6.07, 6.45) is 0.808. The Labute approximate surface area is 70.0 Å². The molecule has 12 heavy (non-hydrogen) atoms. The van der Waals surface area contributed by atoms with Gasteiger partial charge in [-0.1, -0.05) is 5.16 Å². The van der Waals surface area contributed by atoms with E-state index in [-0.39, 0.29) is 18.4 Å². The lowest BCUT2D eigenvalue weighted by atomic mass is 10.4. The van der Waals surface area contributed by atoms with Gasteiger partial charge >= 0.3 is 0 Å². The molecule has 1 rings (SSSR count). The number of nitrogens with one attached hydrogen (secondary N) is 1. The molecule has 1 aliphatic rings. The molecule has 4 N–H and O–H groups in total. The Balaban J connectivity index is 2.58. The highest BCUT2D eigenvalue weighted by Gasteiger charge is 2.15. The first-order valence-corrected chi connectivity index (χ1v) is 3.73. The fourth-order valence-electron chi connectivity index (χ4n) is 1.06. The Bertz CT molecular complexity index is 204. The molecule has 1 fully saturated rings. The van der Waals surface area contributed by atoms with Crippen LogP contribution in [0.25, 0.3) is 0 Å². The van der Waals surface area contributed by atoms with Crippen molar-refractivity contribution in [3.63, 3.8) is 0 Å². The molecule has 0 aromatic carbocycles. The molecule has 1 saturated heterocycles. The van der Waals surface area contributed by atoms with Crippen molar-refractivity contribution >= 4 is 11.9 Å². The third-order valence-electron chi connectivity index (χ3n) is 1.69. The number of rotatable bonds is 0. The van der Waals surface area contributed by atoms with E-state index in [1.54, 1.807) is 0 Å². The number of carbonyl (C=O) groups is 1. The number of nitrogens with zero attached hydrogens (tertiary/aromatic N) is 2. The van der Waals surface area contributed by atoms with Crippen LogP contribution in [0.2, 0.25) is 0 Å².